The summed E-state index contributed by atoms with van der Waals surface area (Å²) in [5.41, 5.74) is 2.16. The van der Waals surface area contributed by atoms with Gasteiger partial charge in [0, 0.05) is 41.9 Å². The molecule has 0 aliphatic heterocycles. The van der Waals surface area contributed by atoms with Crippen LogP contribution in [-0.2, 0) is 0 Å². The van der Waals surface area contributed by atoms with Crippen molar-refractivity contribution in [1.29, 1.82) is 0 Å². The van der Waals surface area contributed by atoms with E-state index in [1.807, 2.05) is 16.1 Å². The molecular weight excluding hydrogens is 319 g/mol. The Morgan fingerprint density at radius 1 is 1.54 bits per heavy atom. The van der Waals surface area contributed by atoms with Crippen LogP contribution < -0.4 is 0 Å². The lowest BCUT2D eigenvalue weighted by Gasteiger charge is -1.96. The van der Waals surface area contributed by atoms with Crippen LogP contribution >= 0.6 is 41.9 Å². The molecule has 0 saturated carbocycles. The highest BCUT2D eigenvalue weighted by molar-refractivity contribution is 14.2. The highest BCUT2D eigenvalue weighted by Gasteiger charge is 2.06. The molecule has 0 radical (unpaired) electrons. The molecule has 0 aliphatic rings. The smallest absolute Gasteiger partial charge is 0.152 e. The van der Waals surface area contributed by atoms with Crippen LogP contribution in [0.2, 0.25) is 5.15 Å². The molecule has 0 atom stereocenters. The van der Waals surface area contributed by atoms with Crippen molar-refractivity contribution in [2.24, 2.45) is 0 Å². The first kappa shape index (κ1) is 9.61. The molecule has 0 amide bonds. The van der Waals surface area contributed by atoms with E-state index >= 15 is 0 Å². The Bertz CT molecular complexity index is 455. The van der Waals surface area contributed by atoms with Gasteiger partial charge in [-0.2, -0.15) is 0 Å². The first-order valence-corrected chi connectivity index (χ1v) is 7.35. The first-order valence-electron chi connectivity index (χ1n) is 3.65. The number of halogens is 2. The van der Waals surface area contributed by atoms with Gasteiger partial charge in [0.1, 0.15) is 5.15 Å². The number of fused-ring (bicyclic) bond motifs is 1. The van der Waals surface area contributed by atoms with Crippen molar-refractivity contribution in [2.45, 2.75) is 6.92 Å². The molecule has 2 nitrogen and oxygen atoms in total. The Morgan fingerprint density at radius 2 is 2.31 bits per heavy atom. The molecule has 0 bridgehead atoms. The number of rotatable bonds is 1. The fourth-order valence-electron chi connectivity index (χ4n) is 1.26. The van der Waals surface area contributed by atoms with Crippen LogP contribution in [0.5, 0.6) is 0 Å². The van der Waals surface area contributed by atoms with Crippen LogP contribution in [0.3, 0.4) is 0 Å². The third kappa shape index (κ3) is 1.67. The van der Waals surface area contributed by atoms with Crippen molar-refractivity contribution in [3.63, 3.8) is 0 Å². The quantitative estimate of drug-likeness (QED) is 0.586. The van der Waals surface area contributed by atoms with Crippen molar-refractivity contribution in [2.75, 3.05) is 0 Å². The summed E-state index contributed by atoms with van der Waals surface area (Å²) in [5.74, 6) is 0. The van der Waals surface area contributed by atoms with Gasteiger partial charge in [-0.15, -0.1) is 0 Å². The summed E-state index contributed by atoms with van der Waals surface area (Å²) < 4.78 is 2.01. The third-order valence-electron chi connectivity index (χ3n) is 1.86. The topological polar surface area (TPSA) is 17.8 Å². The Labute approximate surface area is 97.4 Å². The monoisotopic (exact) mass is 324 g/mol. The molecule has 2 rings (SSSR count). The number of hydrogen-bond acceptors (Lipinski definition) is 2. The third-order valence-corrected chi connectivity index (χ3v) is 3.77. The fraction of sp³-hybridized carbons (Fsp3) is 0.125. The van der Waals surface area contributed by atoms with Crippen LogP contribution in [0.4, 0.5) is 0 Å². The molecule has 0 saturated heterocycles. The lowest BCUT2D eigenvalue weighted by atomic mass is 10.2. The molecule has 2 aromatic rings. The maximum Gasteiger partial charge on any atom is 0.152 e. The van der Waals surface area contributed by atoms with Gasteiger partial charge in [-0.05, 0) is 24.6 Å². The molecule has 2 aromatic heterocycles. The van der Waals surface area contributed by atoms with Gasteiger partial charge in [0.15, 0.2) is 5.65 Å². The summed E-state index contributed by atoms with van der Waals surface area (Å²) in [6.45, 7) is 2.07. The molecule has 2 heterocycles. The molecule has 0 spiro atoms. The minimum absolute atomic E-state index is 0.539. The second-order valence-electron chi connectivity index (χ2n) is 2.71. The van der Waals surface area contributed by atoms with Crippen molar-refractivity contribution >= 4 is 53.0 Å². The number of hydrogen-bond donors (Lipinski definition) is 0. The predicted molar refractivity (Wildman–Crippen MR) is 66.5 cm³/mol. The van der Waals surface area contributed by atoms with Crippen molar-refractivity contribution in [1.82, 2.24) is 8.96 Å². The van der Waals surface area contributed by atoms with Crippen LogP contribution in [0.25, 0.3) is 11.0 Å². The summed E-state index contributed by atoms with van der Waals surface area (Å²) in [7, 11) is 1.59. The molecule has 68 valence electrons. The normalized spacial score (nSPS) is 11.0. The lowest BCUT2D eigenvalue weighted by Crippen LogP contribution is -1.83. The maximum absolute atomic E-state index is 5.82. The summed E-state index contributed by atoms with van der Waals surface area (Å²) >= 11 is 8.04. The predicted octanol–water partition coefficient (Wildman–Crippen LogP) is 3.84. The van der Waals surface area contributed by atoms with Gasteiger partial charge in [-0.25, -0.2) is 4.98 Å². The summed E-state index contributed by atoms with van der Waals surface area (Å²) in [6, 6.07) is 3.82. The number of aryl methyl sites for hydroxylation is 1. The lowest BCUT2D eigenvalue weighted by molar-refractivity contribution is 1.26. The first-order chi connectivity index (χ1) is 6.22. The summed E-state index contributed by atoms with van der Waals surface area (Å²) in [5, 5.41) is 1.70. The van der Waals surface area contributed by atoms with E-state index in [1.54, 1.807) is 9.12 Å². The maximum atomic E-state index is 5.82. The van der Waals surface area contributed by atoms with E-state index in [9.17, 15) is 0 Å². The number of aromatic nitrogens is 2. The standard InChI is InChI=1S/C8H6ClIN2S/c1-5-4-12(13-10)8-6(5)2-3-7(9)11-8/h2-4H,1H3. The zero-order valence-electron chi connectivity index (χ0n) is 6.79. The Balaban J connectivity index is 2.81. The van der Waals surface area contributed by atoms with Crippen LogP contribution in [-0.4, -0.2) is 8.96 Å². The van der Waals surface area contributed by atoms with Gasteiger partial charge in [0.05, 0.1) is 0 Å². The summed E-state index contributed by atoms with van der Waals surface area (Å²) in [6.07, 6.45) is 2.06. The summed E-state index contributed by atoms with van der Waals surface area (Å²) in [4.78, 5) is 4.27. The molecular formula is C8H6ClIN2S. The molecule has 0 fully saturated rings. The Morgan fingerprint density at radius 3 is 3.00 bits per heavy atom. The highest BCUT2D eigenvalue weighted by atomic mass is 127. The van der Waals surface area contributed by atoms with Crippen molar-refractivity contribution in [3.8, 4) is 0 Å². The molecule has 5 heteroatoms. The van der Waals surface area contributed by atoms with E-state index in [0.29, 0.717) is 5.15 Å². The van der Waals surface area contributed by atoms with E-state index in [2.05, 4.69) is 39.3 Å². The van der Waals surface area contributed by atoms with E-state index in [4.69, 9.17) is 11.6 Å². The molecule has 0 unspecified atom stereocenters. The van der Waals surface area contributed by atoms with Gasteiger partial charge in [-0.3, -0.25) is 3.97 Å². The molecule has 13 heavy (non-hydrogen) atoms. The average molecular weight is 325 g/mol. The molecule has 0 aromatic carbocycles. The van der Waals surface area contributed by atoms with E-state index in [-0.39, 0.29) is 0 Å². The Kier molecular flexibility index (Phi) is 2.71. The minimum atomic E-state index is 0.539. The van der Waals surface area contributed by atoms with Gasteiger partial charge >= 0.3 is 0 Å². The second-order valence-corrected chi connectivity index (χ2v) is 4.81. The van der Waals surface area contributed by atoms with E-state index < -0.39 is 0 Å². The zero-order valence-corrected chi connectivity index (χ0v) is 10.5. The minimum Gasteiger partial charge on any atom is -0.266 e. The van der Waals surface area contributed by atoms with Crippen LogP contribution in [0.15, 0.2) is 18.3 Å². The number of nitrogens with zero attached hydrogens (tertiary/aromatic N) is 2. The van der Waals surface area contributed by atoms with Crippen LogP contribution in [0, 0.1) is 6.92 Å². The molecule has 0 aliphatic carbocycles. The highest BCUT2D eigenvalue weighted by Crippen LogP contribution is 2.27. The molecule has 0 N–H and O–H groups in total. The number of pyridine rings is 1. The van der Waals surface area contributed by atoms with Crippen molar-refractivity contribution < 1.29 is 0 Å². The second kappa shape index (κ2) is 3.67. The van der Waals surface area contributed by atoms with Gasteiger partial charge < -0.3 is 0 Å². The van der Waals surface area contributed by atoms with Crippen LogP contribution in [0.1, 0.15) is 5.56 Å². The SMILES string of the molecule is Cc1cn(SI)c2nc(Cl)ccc12. The Hall–Kier alpha value is 0.0600. The average Bonchev–Trinajstić information content (AvgIpc) is 2.42. The van der Waals surface area contributed by atoms with Crippen molar-refractivity contribution in [3.05, 3.63) is 29.0 Å². The van der Waals surface area contributed by atoms with Gasteiger partial charge in [-0.1, -0.05) is 11.6 Å². The van der Waals surface area contributed by atoms with E-state index in [0.717, 1.165) is 11.0 Å². The van der Waals surface area contributed by atoms with Gasteiger partial charge in [0.2, 0.25) is 0 Å². The zero-order chi connectivity index (χ0) is 9.42. The van der Waals surface area contributed by atoms with E-state index in [1.165, 1.54) is 5.56 Å². The van der Waals surface area contributed by atoms with Gasteiger partial charge in [0.25, 0.3) is 0 Å². The fourth-order valence-corrected chi connectivity index (χ4v) is 2.71. The largest absolute Gasteiger partial charge is 0.266 e.